The predicted octanol–water partition coefficient (Wildman–Crippen LogP) is 2.30. The van der Waals surface area contributed by atoms with Crippen LogP contribution in [0.2, 0.25) is 5.28 Å². The summed E-state index contributed by atoms with van der Waals surface area (Å²) in [6.45, 7) is 1.02. The number of piperidine rings is 1. The third kappa shape index (κ3) is 3.35. The van der Waals surface area contributed by atoms with Gasteiger partial charge in [-0.15, -0.1) is 0 Å². The number of carbonyl (C=O) groups is 1. The van der Waals surface area contributed by atoms with E-state index >= 15 is 0 Å². The van der Waals surface area contributed by atoms with Crippen LogP contribution in [0, 0.1) is 0 Å². The van der Waals surface area contributed by atoms with Crippen molar-refractivity contribution in [3.63, 3.8) is 0 Å². The Kier molecular flexibility index (Phi) is 4.21. The van der Waals surface area contributed by atoms with Crippen LogP contribution in [0.3, 0.4) is 0 Å². The highest BCUT2D eigenvalue weighted by Gasteiger charge is 2.18. The van der Waals surface area contributed by atoms with Crippen LogP contribution in [0.4, 0.5) is 4.79 Å². The molecule has 0 spiro atoms. The molecule has 0 unspecified atom stereocenters. The average Bonchev–Trinajstić information content (AvgIpc) is 2.41. The molecule has 1 amide bonds. The second kappa shape index (κ2) is 5.88. The van der Waals surface area contributed by atoms with Gasteiger partial charge in [-0.05, 0) is 30.5 Å². The Hall–Kier alpha value is -1.82. The van der Waals surface area contributed by atoms with Crippen molar-refractivity contribution >= 4 is 23.8 Å². The lowest BCUT2D eigenvalue weighted by molar-refractivity contribution is 0.142. The van der Waals surface area contributed by atoms with E-state index in [-0.39, 0.29) is 5.28 Å². The average molecular weight is 284 g/mol. The summed E-state index contributed by atoms with van der Waals surface area (Å²) in [6, 6.07) is 0. The summed E-state index contributed by atoms with van der Waals surface area (Å²) in [5, 5.41) is 9.02. The summed E-state index contributed by atoms with van der Waals surface area (Å²) in [5.74, 6) is 0.424. The van der Waals surface area contributed by atoms with Gasteiger partial charge in [0.05, 0.1) is 12.7 Å². The molecule has 0 atom stereocenters. The Balaban J connectivity index is 2.13. The van der Waals surface area contributed by atoms with Gasteiger partial charge in [0.15, 0.2) is 0 Å². The zero-order valence-corrected chi connectivity index (χ0v) is 11.2. The number of hydrogen-bond donors (Lipinski definition) is 1. The highest BCUT2D eigenvalue weighted by Crippen LogP contribution is 2.24. The zero-order valence-electron chi connectivity index (χ0n) is 10.5. The molecule has 2 rings (SSSR count). The van der Waals surface area contributed by atoms with Crippen LogP contribution in [0.25, 0.3) is 6.08 Å². The van der Waals surface area contributed by atoms with Crippen LogP contribution in [0.1, 0.15) is 18.4 Å². The first-order valence-corrected chi connectivity index (χ1v) is 6.22. The van der Waals surface area contributed by atoms with Crippen molar-refractivity contribution in [2.75, 3.05) is 20.2 Å². The smallest absolute Gasteiger partial charge is 0.407 e. The van der Waals surface area contributed by atoms with Crippen LogP contribution in [-0.2, 0) is 0 Å². The van der Waals surface area contributed by atoms with E-state index in [4.69, 9.17) is 21.4 Å². The van der Waals surface area contributed by atoms with Crippen molar-refractivity contribution < 1.29 is 14.6 Å². The lowest BCUT2D eigenvalue weighted by Crippen LogP contribution is -2.35. The molecule has 19 heavy (non-hydrogen) atoms. The molecule has 1 aromatic rings. The minimum Gasteiger partial charge on any atom is -0.480 e. The minimum absolute atomic E-state index is 0.139. The van der Waals surface area contributed by atoms with E-state index in [0.29, 0.717) is 31.8 Å². The highest BCUT2D eigenvalue weighted by atomic mass is 35.5. The van der Waals surface area contributed by atoms with Gasteiger partial charge in [-0.2, -0.15) is 4.98 Å². The van der Waals surface area contributed by atoms with Gasteiger partial charge < -0.3 is 14.7 Å². The molecular weight excluding hydrogens is 270 g/mol. The number of methoxy groups -OCH3 is 1. The number of nitrogens with zero attached hydrogens (tertiary/aromatic N) is 3. The fourth-order valence-corrected chi connectivity index (χ4v) is 2.09. The first kappa shape index (κ1) is 13.6. The van der Waals surface area contributed by atoms with Gasteiger partial charge in [-0.1, -0.05) is 5.57 Å². The Morgan fingerprint density at radius 2 is 2.21 bits per heavy atom. The molecule has 1 saturated heterocycles. The van der Waals surface area contributed by atoms with Crippen molar-refractivity contribution in [3.8, 4) is 5.88 Å². The first-order valence-electron chi connectivity index (χ1n) is 5.84. The number of amides is 1. The summed E-state index contributed by atoms with van der Waals surface area (Å²) >= 11 is 5.70. The standard InChI is InChI=1S/C12H14ClN3O3/c1-19-10-9(7-14-11(13)15-10)6-8-2-4-16(5-3-8)12(17)18/h6-7H,2-5H2,1H3,(H,17,18). The SMILES string of the molecule is COc1nc(Cl)ncc1C=C1CCN(C(=O)O)CC1. The molecule has 0 aromatic carbocycles. The van der Waals surface area contributed by atoms with Crippen LogP contribution in [0.15, 0.2) is 11.8 Å². The summed E-state index contributed by atoms with van der Waals surface area (Å²) in [5.41, 5.74) is 1.91. The fourth-order valence-electron chi connectivity index (χ4n) is 1.97. The van der Waals surface area contributed by atoms with Crippen LogP contribution in [0.5, 0.6) is 5.88 Å². The number of hydrogen-bond acceptors (Lipinski definition) is 4. The number of likely N-dealkylation sites (tertiary alicyclic amines) is 1. The first-order chi connectivity index (χ1) is 9.10. The number of ether oxygens (including phenoxy) is 1. The quantitative estimate of drug-likeness (QED) is 0.843. The lowest BCUT2D eigenvalue weighted by Gasteiger charge is -2.25. The topological polar surface area (TPSA) is 75.6 Å². The van der Waals surface area contributed by atoms with E-state index in [1.165, 1.54) is 12.0 Å². The number of halogens is 1. The molecule has 1 aromatic heterocycles. The second-order valence-electron chi connectivity index (χ2n) is 4.18. The van der Waals surface area contributed by atoms with Gasteiger partial charge >= 0.3 is 6.09 Å². The number of rotatable bonds is 2. The normalized spacial score (nSPS) is 15.3. The molecule has 1 aliphatic heterocycles. The molecule has 0 bridgehead atoms. The van der Waals surface area contributed by atoms with Gasteiger partial charge in [0.25, 0.3) is 0 Å². The molecule has 7 heteroatoms. The maximum absolute atomic E-state index is 10.8. The molecule has 102 valence electrons. The Bertz CT molecular complexity index is 509. The van der Waals surface area contributed by atoms with Gasteiger partial charge in [0, 0.05) is 19.3 Å². The van der Waals surface area contributed by atoms with Crippen LogP contribution in [-0.4, -0.2) is 46.3 Å². The molecule has 1 aliphatic rings. The summed E-state index contributed by atoms with van der Waals surface area (Å²) in [7, 11) is 1.52. The lowest BCUT2D eigenvalue weighted by atomic mass is 10.0. The number of aromatic nitrogens is 2. The zero-order chi connectivity index (χ0) is 13.8. The van der Waals surface area contributed by atoms with Crippen molar-refractivity contribution in [3.05, 3.63) is 22.6 Å². The predicted molar refractivity (Wildman–Crippen MR) is 70.4 cm³/mol. The highest BCUT2D eigenvalue weighted by molar-refractivity contribution is 6.28. The molecule has 0 saturated carbocycles. The summed E-state index contributed by atoms with van der Waals surface area (Å²) in [4.78, 5) is 20.1. The minimum atomic E-state index is -0.869. The summed E-state index contributed by atoms with van der Waals surface area (Å²) < 4.78 is 5.14. The maximum atomic E-state index is 10.8. The van der Waals surface area contributed by atoms with Gasteiger partial charge in [-0.25, -0.2) is 9.78 Å². The molecule has 1 fully saturated rings. The van der Waals surface area contributed by atoms with Crippen LogP contribution < -0.4 is 4.74 Å². The molecular formula is C12H14ClN3O3. The molecule has 6 nitrogen and oxygen atoms in total. The van der Waals surface area contributed by atoms with E-state index in [2.05, 4.69) is 9.97 Å². The second-order valence-corrected chi connectivity index (χ2v) is 4.51. The number of carboxylic acid groups (broad SMARTS) is 1. The summed E-state index contributed by atoms with van der Waals surface area (Å²) in [6.07, 6.45) is 4.08. The third-order valence-electron chi connectivity index (χ3n) is 2.98. The van der Waals surface area contributed by atoms with Crippen molar-refractivity contribution in [2.24, 2.45) is 0 Å². The fraction of sp³-hybridized carbons (Fsp3) is 0.417. The van der Waals surface area contributed by atoms with Crippen molar-refractivity contribution in [1.82, 2.24) is 14.9 Å². The van der Waals surface area contributed by atoms with Crippen molar-refractivity contribution in [2.45, 2.75) is 12.8 Å². The molecule has 2 heterocycles. The Labute approximate surface area is 115 Å². The Morgan fingerprint density at radius 1 is 1.53 bits per heavy atom. The van der Waals surface area contributed by atoms with E-state index in [9.17, 15) is 4.79 Å². The monoisotopic (exact) mass is 283 g/mol. The van der Waals surface area contributed by atoms with Crippen LogP contribution >= 0.6 is 11.6 Å². The molecule has 1 N–H and O–H groups in total. The molecule has 0 radical (unpaired) electrons. The van der Waals surface area contributed by atoms with E-state index in [1.54, 1.807) is 6.20 Å². The Morgan fingerprint density at radius 3 is 2.79 bits per heavy atom. The van der Waals surface area contributed by atoms with Gasteiger partial charge in [0.1, 0.15) is 0 Å². The van der Waals surface area contributed by atoms with E-state index in [1.807, 2.05) is 6.08 Å². The maximum Gasteiger partial charge on any atom is 0.407 e. The van der Waals surface area contributed by atoms with Crippen molar-refractivity contribution in [1.29, 1.82) is 0 Å². The third-order valence-corrected chi connectivity index (χ3v) is 3.16. The van der Waals surface area contributed by atoms with E-state index < -0.39 is 6.09 Å². The van der Waals surface area contributed by atoms with E-state index in [0.717, 1.165) is 11.1 Å². The van der Waals surface area contributed by atoms with Gasteiger partial charge in [-0.3, -0.25) is 0 Å². The van der Waals surface area contributed by atoms with Gasteiger partial charge in [0.2, 0.25) is 11.2 Å². The molecule has 0 aliphatic carbocycles. The largest absolute Gasteiger partial charge is 0.480 e.